The van der Waals surface area contributed by atoms with Crippen LogP contribution in [0.2, 0.25) is 0 Å². The Bertz CT molecular complexity index is 1140. The number of hydrogen-bond donors (Lipinski definition) is 0. The van der Waals surface area contributed by atoms with Crippen molar-refractivity contribution in [1.82, 2.24) is 4.90 Å². The molecule has 3 aliphatic heterocycles. The first-order chi connectivity index (χ1) is 16.0. The molecule has 2 aromatic carbocycles. The third-order valence-corrected chi connectivity index (χ3v) is 7.56. The molecule has 0 radical (unpaired) electrons. The Kier molecular flexibility index (Phi) is 4.67. The third-order valence-electron chi connectivity index (χ3n) is 7.56. The Morgan fingerprint density at radius 3 is 2.76 bits per heavy atom. The number of aryl methyl sites for hydroxylation is 1. The van der Waals surface area contributed by atoms with Gasteiger partial charge in [-0.15, -0.1) is 0 Å². The molecule has 2 aromatic rings. The van der Waals surface area contributed by atoms with Crippen LogP contribution in [0.1, 0.15) is 33.5 Å². The number of fused-ring (bicyclic) bond motifs is 2. The van der Waals surface area contributed by atoms with Crippen molar-refractivity contribution in [2.24, 2.45) is 0 Å². The molecule has 1 fully saturated rings. The van der Waals surface area contributed by atoms with Gasteiger partial charge in [-0.2, -0.15) is 0 Å². The van der Waals surface area contributed by atoms with Gasteiger partial charge in [-0.1, -0.05) is 29.8 Å². The lowest BCUT2D eigenvalue weighted by atomic mass is 9.65. The predicted octanol–water partition coefficient (Wildman–Crippen LogP) is 3.37. The summed E-state index contributed by atoms with van der Waals surface area (Å²) in [6, 6.07) is 9.69. The van der Waals surface area contributed by atoms with Crippen LogP contribution in [0.25, 0.3) is 0 Å². The van der Waals surface area contributed by atoms with Gasteiger partial charge in [0.25, 0.3) is 0 Å². The maximum Gasteiger partial charge on any atom is 0.338 e. The van der Waals surface area contributed by atoms with Crippen LogP contribution in [-0.4, -0.2) is 56.7 Å². The Labute approximate surface area is 192 Å². The second-order valence-electron chi connectivity index (χ2n) is 9.18. The molecule has 1 saturated heterocycles. The largest absolute Gasteiger partial charge is 0.492 e. The number of carbonyl (C=O) groups excluding carboxylic acids is 1. The van der Waals surface area contributed by atoms with E-state index in [4.69, 9.17) is 23.7 Å². The van der Waals surface area contributed by atoms with Gasteiger partial charge >= 0.3 is 5.97 Å². The number of carbonyl (C=O) groups is 1. The zero-order chi connectivity index (χ0) is 22.7. The summed E-state index contributed by atoms with van der Waals surface area (Å²) in [7, 11) is 3.39. The summed E-state index contributed by atoms with van der Waals surface area (Å²) in [4.78, 5) is 15.5. The van der Waals surface area contributed by atoms with Crippen molar-refractivity contribution in [2.45, 2.75) is 43.6 Å². The minimum absolute atomic E-state index is 0.0228. The van der Waals surface area contributed by atoms with Crippen LogP contribution < -0.4 is 14.2 Å². The molecule has 0 amide bonds. The number of methoxy groups -OCH3 is 2. The number of ether oxygens (including phenoxy) is 5. The van der Waals surface area contributed by atoms with E-state index in [1.165, 1.54) is 0 Å². The molecule has 1 aliphatic carbocycles. The predicted molar refractivity (Wildman–Crippen MR) is 120 cm³/mol. The van der Waals surface area contributed by atoms with Crippen molar-refractivity contribution >= 4 is 5.97 Å². The monoisotopic (exact) mass is 449 g/mol. The van der Waals surface area contributed by atoms with Crippen molar-refractivity contribution in [2.75, 3.05) is 27.6 Å². The highest BCUT2D eigenvalue weighted by Crippen LogP contribution is 2.57. The Hall–Kier alpha value is -3.03. The second-order valence-corrected chi connectivity index (χ2v) is 9.18. The molecule has 2 bridgehead atoms. The van der Waals surface area contributed by atoms with Crippen molar-refractivity contribution in [3.05, 3.63) is 64.7 Å². The molecular formula is C26H27NO6. The Morgan fingerprint density at radius 1 is 1.18 bits per heavy atom. The van der Waals surface area contributed by atoms with Gasteiger partial charge in [-0.05, 0) is 37.1 Å². The maximum atomic E-state index is 13.2. The SMILES string of the molecule is COc1c2c(cc3c1OCO3)[C@]13C=C[C@H](OC)C[C@@H]1N(C2)C[C@H]3OC(=O)c1ccc(C)cc1. The Balaban J connectivity index is 1.47. The van der Waals surface area contributed by atoms with E-state index in [1.54, 1.807) is 14.2 Å². The minimum Gasteiger partial charge on any atom is -0.492 e. The normalized spacial score (nSPS) is 30.5. The summed E-state index contributed by atoms with van der Waals surface area (Å²) in [5, 5.41) is 0. The van der Waals surface area contributed by atoms with E-state index in [2.05, 4.69) is 23.1 Å². The van der Waals surface area contributed by atoms with E-state index in [0.717, 1.165) is 23.1 Å². The summed E-state index contributed by atoms with van der Waals surface area (Å²) < 4.78 is 29.2. The number of benzene rings is 2. The van der Waals surface area contributed by atoms with E-state index in [-0.39, 0.29) is 31.0 Å². The van der Waals surface area contributed by atoms with E-state index < -0.39 is 5.41 Å². The average Bonchev–Trinajstić information content (AvgIpc) is 3.38. The number of hydrogen-bond acceptors (Lipinski definition) is 7. The molecule has 33 heavy (non-hydrogen) atoms. The van der Waals surface area contributed by atoms with Crippen LogP contribution in [-0.2, 0) is 21.4 Å². The van der Waals surface area contributed by atoms with Crippen molar-refractivity contribution in [3.8, 4) is 17.2 Å². The van der Waals surface area contributed by atoms with Crippen LogP contribution >= 0.6 is 0 Å². The van der Waals surface area contributed by atoms with Gasteiger partial charge in [-0.3, -0.25) is 4.90 Å². The van der Waals surface area contributed by atoms with Crippen molar-refractivity contribution in [1.29, 1.82) is 0 Å². The highest BCUT2D eigenvalue weighted by atomic mass is 16.7. The molecule has 7 heteroatoms. The van der Waals surface area contributed by atoms with Gasteiger partial charge in [0.15, 0.2) is 11.5 Å². The molecule has 4 aliphatic rings. The lowest BCUT2D eigenvalue weighted by molar-refractivity contribution is 0.0187. The quantitative estimate of drug-likeness (QED) is 0.524. The first-order valence-corrected chi connectivity index (χ1v) is 11.3. The molecule has 172 valence electrons. The fourth-order valence-electron chi connectivity index (χ4n) is 5.96. The third kappa shape index (κ3) is 2.92. The van der Waals surface area contributed by atoms with Crippen LogP contribution in [0.5, 0.6) is 17.2 Å². The molecule has 3 heterocycles. The maximum absolute atomic E-state index is 13.2. The van der Waals surface area contributed by atoms with Crippen LogP contribution in [0.3, 0.4) is 0 Å². The Morgan fingerprint density at radius 2 is 2.00 bits per heavy atom. The van der Waals surface area contributed by atoms with Gasteiger partial charge < -0.3 is 23.7 Å². The van der Waals surface area contributed by atoms with E-state index in [1.807, 2.05) is 31.2 Å². The summed E-state index contributed by atoms with van der Waals surface area (Å²) in [6.45, 7) is 3.49. The van der Waals surface area contributed by atoms with Gasteiger partial charge in [0, 0.05) is 31.8 Å². The van der Waals surface area contributed by atoms with Crippen LogP contribution in [0, 0.1) is 6.92 Å². The standard InChI is InChI=1S/C26H27NO6/c1-15-4-6-16(7-5-15)25(28)33-22-13-27-12-18-19(11-20-24(23(18)30-3)32-14-31-20)26(22)9-8-17(29-2)10-21(26)27/h4-9,11,17,21-22H,10,12-14H2,1-3H3/t17-,21-,22+,26+/m0/s1. The lowest BCUT2D eigenvalue weighted by Gasteiger charge is -2.46. The zero-order valence-electron chi connectivity index (χ0n) is 19.0. The summed E-state index contributed by atoms with van der Waals surface area (Å²) in [5.41, 5.74) is 3.29. The summed E-state index contributed by atoms with van der Waals surface area (Å²) in [5.74, 6) is 1.72. The molecule has 7 nitrogen and oxygen atoms in total. The first kappa shape index (κ1) is 20.6. The van der Waals surface area contributed by atoms with Crippen molar-refractivity contribution in [3.63, 3.8) is 0 Å². The average molecular weight is 450 g/mol. The fraction of sp³-hybridized carbons (Fsp3) is 0.423. The highest BCUT2D eigenvalue weighted by Gasteiger charge is 2.61. The molecule has 0 spiro atoms. The van der Waals surface area contributed by atoms with Gasteiger partial charge in [0.05, 0.1) is 24.2 Å². The minimum atomic E-state index is -0.517. The second kappa shape index (κ2) is 7.50. The highest BCUT2D eigenvalue weighted by molar-refractivity contribution is 5.89. The molecule has 6 rings (SSSR count). The zero-order valence-corrected chi connectivity index (χ0v) is 19.0. The molecule has 5 atom stereocenters. The van der Waals surface area contributed by atoms with E-state index >= 15 is 0 Å². The number of nitrogens with zero attached hydrogens (tertiary/aromatic N) is 1. The lowest BCUT2D eigenvalue weighted by Crippen LogP contribution is -2.53. The molecule has 1 unspecified atom stereocenters. The van der Waals surface area contributed by atoms with Crippen molar-refractivity contribution < 1.29 is 28.5 Å². The molecule has 0 saturated carbocycles. The number of esters is 1. The van der Waals surface area contributed by atoms with Gasteiger partial charge in [-0.25, -0.2) is 4.79 Å². The first-order valence-electron chi connectivity index (χ1n) is 11.3. The molecular weight excluding hydrogens is 422 g/mol. The summed E-state index contributed by atoms with van der Waals surface area (Å²) >= 11 is 0. The van der Waals surface area contributed by atoms with Gasteiger partial charge in [0.2, 0.25) is 12.5 Å². The van der Waals surface area contributed by atoms with Gasteiger partial charge in [0.1, 0.15) is 6.10 Å². The van der Waals surface area contributed by atoms with Crippen LogP contribution in [0.4, 0.5) is 0 Å². The smallest absolute Gasteiger partial charge is 0.338 e. The summed E-state index contributed by atoms with van der Waals surface area (Å²) in [6.07, 6.45) is 4.77. The molecule has 0 N–H and O–H groups in total. The molecule has 0 aromatic heterocycles. The number of rotatable bonds is 4. The van der Waals surface area contributed by atoms with E-state index in [9.17, 15) is 4.79 Å². The fourth-order valence-corrected chi connectivity index (χ4v) is 5.96. The topological polar surface area (TPSA) is 66.5 Å². The van der Waals surface area contributed by atoms with Crippen LogP contribution in [0.15, 0.2) is 42.5 Å². The van der Waals surface area contributed by atoms with E-state index in [0.29, 0.717) is 35.9 Å².